The Kier molecular flexibility index (Phi) is 6.99. The van der Waals surface area contributed by atoms with Gasteiger partial charge in [-0.05, 0) is 36.1 Å². The molecule has 1 aliphatic heterocycles. The van der Waals surface area contributed by atoms with Gasteiger partial charge < -0.3 is 4.90 Å². The van der Waals surface area contributed by atoms with Crippen molar-refractivity contribution < 1.29 is 9.18 Å². The third kappa shape index (κ3) is 5.39. The predicted octanol–water partition coefficient (Wildman–Crippen LogP) is 4.44. The molecule has 3 rings (SSSR count). The van der Waals surface area contributed by atoms with Gasteiger partial charge in [-0.15, -0.1) is 0 Å². The van der Waals surface area contributed by atoms with Crippen molar-refractivity contribution in [3.8, 4) is 0 Å². The minimum atomic E-state index is -0.200. The predicted molar refractivity (Wildman–Crippen MR) is 107 cm³/mol. The van der Waals surface area contributed by atoms with Gasteiger partial charge in [0.2, 0.25) is 5.91 Å². The largest absolute Gasteiger partial charge is 0.341 e. The summed E-state index contributed by atoms with van der Waals surface area (Å²) in [7, 11) is 0. The Morgan fingerprint density at radius 3 is 2.44 bits per heavy atom. The molecule has 0 N–H and O–H groups in total. The third-order valence-corrected chi connectivity index (χ3v) is 5.30. The zero-order valence-electron chi connectivity index (χ0n) is 16.1. The molecule has 1 atom stereocenters. The Balaban J connectivity index is 1.62. The maximum Gasteiger partial charge on any atom is 0.230 e. The van der Waals surface area contributed by atoms with E-state index >= 15 is 0 Å². The first-order chi connectivity index (χ1) is 13.2. The van der Waals surface area contributed by atoms with Gasteiger partial charge in [0.15, 0.2) is 0 Å². The van der Waals surface area contributed by atoms with E-state index in [4.69, 9.17) is 0 Å². The van der Waals surface area contributed by atoms with Crippen molar-refractivity contribution in [2.75, 3.05) is 26.2 Å². The van der Waals surface area contributed by atoms with Gasteiger partial charge in [-0.2, -0.15) is 0 Å². The minimum Gasteiger partial charge on any atom is -0.341 e. The summed E-state index contributed by atoms with van der Waals surface area (Å²) >= 11 is 0. The van der Waals surface area contributed by atoms with E-state index in [1.165, 1.54) is 12.1 Å². The van der Waals surface area contributed by atoms with Crippen LogP contribution in [0.5, 0.6) is 0 Å². The summed E-state index contributed by atoms with van der Waals surface area (Å²) in [6.45, 7) is 6.33. The Hall–Kier alpha value is -2.20. The average Bonchev–Trinajstić information content (AvgIpc) is 2.94. The van der Waals surface area contributed by atoms with Crippen LogP contribution in [0.25, 0.3) is 0 Å². The fourth-order valence-corrected chi connectivity index (χ4v) is 3.82. The highest BCUT2D eigenvalue weighted by Gasteiger charge is 2.26. The molecule has 144 valence electrons. The smallest absolute Gasteiger partial charge is 0.230 e. The number of nitrogens with zero attached hydrogens (tertiary/aromatic N) is 2. The lowest BCUT2D eigenvalue weighted by Crippen LogP contribution is -2.38. The number of hydrogen-bond donors (Lipinski definition) is 0. The molecule has 0 aromatic heterocycles. The molecule has 0 aliphatic carbocycles. The summed E-state index contributed by atoms with van der Waals surface area (Å²) in [5.74, 6) is 0.0146. The lowest BCUT2D eigenvalue weighted by molar-refractivity contribution is -0.132. The second-order valence-corrected chi connectivity index (χ2v) is 7.33. The molecule has 4 heteroatoms. The molecule has 1 aliphatic rings. The molecule has 1 amide bonds. The molecular formula is C23H29FN2O. The molecular weight excluding hydrogens is 339 g/mol. The summed E-state index contributed by atoms with van der Waals surface area (Å²) in [5, 5.41) is 0. The van der Waals surface area contributed by atoms with Gasteiger partial charge >= 0.3 is 0 Å². The monoisotopic (exact) mass is 368 g/mol. The van der Waals surface area contributed by atoms with Crippen molar-refractivity contribution in [2.45, 2.75) is 38.6 Å². The number of carbonyl (C=O) groups is 1. The van der Waals surface area contributed by atoms with Gasteiger partial charge in [0.1, 0.15) is 5.82 Å². The van der Waals surface area contributed by atoms with E-state index in [9.17, 15) is 9.18 Å². The normalized spacial score (nSPS) is 16.7. The van der Waals surface area contributed by atoms with Crippen LogP contribution in [0.3, 0.4) is 0 Å². The van der Waals surface area contributed by atoms with Crippen molar-refractivity contribution in [3.63, 3.8) is 0 Å². The molecule has 1 fully saturated rings. The van der Waals surface area contributed by atoms with Crippen LogP contribution in [0.1, 0.15) is 43.2 Å². The third-order valence-electron chi connectivity index (χ3n) is 5.30. The van der Waals surface area contributed by atoms with Gasteiger partial charge in [0.05, 0.1) is 5.92 Å². The molecule has 0 radical (unpaired) electrons. The number of amides is 1. The second-order valence-electron chi connectivity index (χ2n) is 7.33. The van der Waals surface area contributed by atoms with E-state index in [0.29, 0.717) is 0 Å². The molecule has 3 nitrogen and oxygen atoms in total. The van der Waals surface area contributed by atoms with Crippen molar-refractivity contribution >= 4 is 5.91 Å². The zero-order valence-corrected chi connectivity index (χ0v) is 16.1. The number of carbonyl (C=O) groups excluding carboxylic acids is 1. The van der Waals surface area contributed by atoms with Crippen LogP contribution >= 0.6 is 0 Å². The first-order valence-corrected chi connectivity index (χ1v) is 9.98. The van der Waals surface area contributed by atoms with Crippen LogP contribution in [0.4, 0.5) is 4.39 Å². The van der Waals surface area contributed by atoms with Crippen LogP contribution in [-0.4, -0.2) is 41.9 Å². The number of rotatable bonds is 6. The second kappa shape index (κ2) is 9.65. The van der Waals surface area contributed by atoms with E-state index < -0.39 is 0 Å². The fourth-order valence-electron chi connectivity index (χ4n) is 3.82. The lowest BCUT2D eigenvalue weighted by Gasteiger charge is -2.26. The van der Waals surface area contributed by atoms with Crippen molar-refractivity contribution in [1.82, 2.24) is 9.80 Å². The molecule has 1 unspecified atom stereocenters. The van der Waals surface area contributed by atoms with Gasteiger partial charge in [-0.25, -0.2) is 4.39 Å². The van der Waals surface area contributed by atoms with E-state index in [2.05, 4.69) is 24.0 Å². The Labute approximate surface area is 161 Å². The maximum atomic E-state index is 13.2. The van der Waals surface area contributed by atoms with Gasteiger partial charge in [0.25, 0.3) is 0 Å². The summed E-state index contributed by atoms with van der Waals surface area (Å²) in [5.41, 5.74) is 2.24. The Morgan fingerprint density at radius 1 is 1.00 bits per heavy atom. The molecule has 1 saturated heterocycles. The van der Waals surface area contributed by atoms with Gasteiger partial charge in [-0.3, -0.25) is 9.69 Å². The van der Waals surface area contributed by atoms with E-state index in [0.717, 1.165) is 63.1 Å². The van der Waals surface area contributed by atoms with E-state index in [1.54, 1.807) is 0 Å². The number of benzene rings is 2. The van der Waals surface area contributed by atoms with E-state index in [-0.39, 0.29) is 17.6 Å². The number of halogens is 1. The molecule has 2 aromatic rings. The van der Waals surface area contributed by atoms with Crippen molar-refractivity contribution in [3.05, 3.63) is 71.5 Å². The summed E-state index contributed by atoms with van der Waals surface area (Å²) in [6.07, 6.45) is 2.86. The molecule has 0 spiro atoms. The van der Waals surface area contributed by atoms with Crippen LogP contribution < -0.4 is 0 Å². The highest BCUT2D eigenvalue weighted by Crippen LogP contribution is 2.24. The molecule has 27 heavy (non-hydrogen) atoms. The molecule has 1 heterocycles. The standard InChI is InChI=1S/C23H29FN2O/c1-2-7-22(20-8-4-3-5-9-20)23(27)26-15-6-14-25(16-17-26)18-19-10-12-21(24)13-11-19/h3-5,8-13,22H,2,6-7,14-18H2,1H3. The quantitative estimate of drug-likeness (QED) is 0.752. The molecule has 0 bridgehead atoms. The van der Waals surface area contributed by atoms with Crippen molar-refractivity contribution in [1.29, 1.82) is 0 Å². The van der Waals surface area contributed by atoms with Gasteiger partial charge in [0, 0.05) is 32.7 Å². The summed E-state index contributed by atoms with van der Waals surface area (Å²) in [6, 6.07) is 16.9. The fraction of sp³-hybridized carbons (Fsp3) is 0.435. The molecule has 0 saturated carbocycles. The zero-order chi connectivity index (χ0) is 19.1. The Morgan fingerprint density at radius 2 is 1.74 bits per heavy atom. The maximum absolute atomic E-state index is 13.2. The van der Waals surface area contributed by atoms with Gasteiger partial charge in [-0.1, -0.05) is 55.8 Å². The van der Waals surface area contributed by atoms with E-state index in [1.807, 2.05) is 35.2 Å². The first kappa shape index (κ1) is 19.6. The number of hydrogen-bond acceptors (Lipinski definition) is 2. The highest BCUT2D eigenvalue weighted by atomic mass is 19.1. The van der Waals surface area contributed by atoms with Crippen LogP contribution in [0.2, 0.25) is 0 Å². The van der Waals surface area contributed by atoms with Crippen LogP contribution in [0.15, 0.2) is 54.6 Å². The topological polar surface area (TPSA) is 23.6 Å². The summed E-state index contributed by atoms with van der Waals surface area (Å²) in [4.78, 5) is 17.6. The molecule has 2 aromatic carbocycles. The SMILES string of the molecule is CCCC(C(=O)N1CCCN(Cc2ccc(F)cc2)CC1)c1ccccc1. The average molecular weight is 368 g/mol. The van der Waals surface area contributed by atoms with Crippen LogP contribution in [0, 0.1) is 5.82 Å². The Bertz CT molecular complexity index is 717. The first-order valence-electron chi connectivity index (χ1n) is 9.98. The summed E-state index contributed by atoms with van der Waals surface area (Å²) < 4.78 is 13.1. The minimum absolute atomic E-state index is 0.0418. The lowest BCUT2D eigenvalue weighted by atomic mass is 9.93. The van der Waals surface area contributed by atoms with Crippen LogP contribution in [-0.2, 0) is 11.3 Å². The van der Waals surface area contributed by atoms with Crippen molar-refractivity contribution in [2.24, 2.45) is 0 Å². The highest BCUT2D eigenvalue weighted by molar-refractivity contribution is 5.83.